The topological polar surface area (TPSA) is 118 Å². The van der Waals surface area contributed by atoms with Gasteiger partial charge in [0.15, 0.2) is 16.4 Å². The number of rotatable bonds is 6. The van der Waals surface area contributed by atoms with Crippen LogP contribution in [0, 0.1) is 0 Å². The fourth-order valence-electron chi connectivity index (χ4n) is 3.81. The molecule has 1 unspecified atom stereocenters. The van der Waals surface area contributed by atoms with Crippen LogP contribution >= 0.6 is 0 Å². The SMILES string of the molecule is CN(C(=O)COC(=O)c1cccc(S(=O)(=O)N2CCCCCC2)c1)C1CCS(=O)(=O)C1. The Morgan fingerprint density at radius 1 is 1.16 bits per heavy atom. The molecular formula is C20H28N2O7S2. The third-order valence-electron chi connectivity index (χ3n) is 5.75. The third-order valence-corrected chi connectivity index (χ3v) is 9.39. The fourth-order valence-corrected chi connectivity index (χ4v) is 7.15. The number of esters is 1. The zero-order valence-corrected chi connectivity index (χ0v) is 19.2. The highest BCUT2D eigenvalue weighted by Gasteiger charge is 2.33. The van der Waals surface area contributed by atoms with E-state index in [1.807, 2.05) is 0 Å². The lowest BCUT2D eigenvalue weighted by Gasteiger charge is -2.23. The van der Waals surface area contributed by atoms with Crippen molar-refractivity contribution >= 4 is 31.7 Å². The van der Waals surface area contributed by atoms with Gasteiger partial charge in [-0.3, -0.25) is 4.79 Å². The van der Waals surface area contributed by atoms with Crippen molar-refractivity contribution < 1.29 is 31.2 Å². The van der Waals surface area contributed by atoms with Gasteiger partial charge < -0.3 is 9.64 Å². The molecule has 0 N–H and O–H groups in total. The first-order valence-electron chi connectivity index (χ1n) is 10.3. The molecule has 0 aromatic heterocycles. The number of carbonyl (C=O) groups is 2. The quantitative estimate of drug-likeness (QED) is 0.568. The maximum absolute atomic E-state index is 12.9. The van der Waals surface area contributed by atoms with Crippen LogP contribution in [0.4, 0.5) is 0 Å². The van der Waals surface area contributed by atoms with Crippen molar-refractivity contribution in [1.82, 2.24) is 9.21 Å². The summed E-state index contributed by atoms with van der Waals surface area (Å²) in [7, 11) is -5.37. The van der Waals surface area contributed by atoms with Crippen LogP contribution in [0.1, 0.15) is 42.5 Å². The number of benzene rings is 1. The maximum atomic E-state index is 12.9. The highest BCUT2D eigenvalue weighted by Crippen LogP contribution is 2.21. The Hall–Kier alpha value is -1.98. The summed E-state index contributed by atoms with van der Waals surface area (Å²) < 4.78 is 55.6. The predicted octanol–water partition coefficient (Wildman–Crippen LogP) is 1.05. The summed E-state index contributed by atoms with van der Waals surface area (Å²) >= 11 is 0. The smallest absolute Gasteiger partial charge is 0.338 e. The average Bonchev–Trinajstić information content (AvgIpc) is 2.94. The van der Waals surface area contributed by atoms with E-state index in [-0.39, 0.29) is 22.0 Å². The summed E-state index contributed by atoms with van der Waals surface area (Å²) in [5, 5.41) is 0. The van der Waals surface area contributed by atoms with E-state index in [1.54, 1.807) is 0 Å². The molecule has 0 spiro atoms. The molecule has 2 aliphatic rings. The molecule has 1 aromatic rings. The highest BCUT2D eigenvalue weighted by atomic mass is 32.2. The summed E-state index contributed by atoms with van der Waals surface area (Å²) in [6.45, 7) is 0.360. The van der Waals surface area contributed by atoms with E-state index in [0.29, 0.717) is 19.5 Å². The van der Waals surface area contributed by atoms with E-state index in [2.05, 4.69) is 0 Å². The number of ether oxygens (including phenoxy) is 1. The van der Waals surface area contributed by atoms with Crippen molar-refractivity contribution in [2.75, 3.05) is 38.2 Å². The van der Waals surface area contributed by atoms with Crippen molar-refractivity contribution in [2.45, 2.75) is 43.0 Å². The van der Waals surface area contributed by atoms with Gasteiger partial charge in [-0.2, -0.15) is 4.31 Å². The van der Waals surface area contributed by atoms with E-state index in [0.717, 1.165) is 25.7 Å². The summed E-state index contributed by atoms with van der Waals surface area (Å²) in [5.74, 6) is -1.38. The van der Waals surface area contributed by atoms with Crippen molar-refractivity contribution in [3.05, 3.63) is 29.8 Å². The Morgan fingerprint density at radius 2 is 1.84 bits per heavy atom. The average molecular weight is 473 g/mol. The second-order valence-corrected chi connectivity index (χ2v) is 12.2. The summed E-state index contributed by atoms with van der Waals surface area (Å²) in [6, 6.07) is 5.18. The van der Waals surface area contributed by atoms with Gasteiger partial charge in [0.2, 0.25) is 10.0 Å². The van der Waals surface area contributed by atoms with E-state index < -0.39 is 44.4 Å². The molecule has 0 bridgehead atoms. The lowest BCUT2D eigenvalue weighted by atomic mass is 10.2. The molecule has 2 saturated heterocycles. The van der Waals surface area contributed by atoms with Gasteiger partial charge in [0.25, 0.3) is 5.91 Å². The number of carbonyl (C=O) groups excluding carboxylic acids is 2. The second kappa shape index (κ2) is 9.66. The zero-order chi connectivity index (χ0) is 22.6. The Balaban J connectivity index is 1.63. The van der Waals surface area contributed by atoms with Gasteiger partial charge in [-0.25, -0.2) is 21.6 Å². The minimum absolute atomic E-state index is 0.0171. The summed E-state index contributed by atoms with van der Waals surface area (Å²) in [4.78, 5) is 26.0. The van der Waals surface area contributed by atoms with Crippen molar-refractivity contribution in [2.24, 2.45) is 0 Å². The van der Waals surface area contributed by atoms with E-state index in [1.165, 1.54) is 40.5 Å². The van der Waals surface area contributed by atoms with Crippen molar-refractivity contribution in [3.63, 3.8) is 0 Å². The van der Waals surface area contributed by atoms with Crippen LogP contribution < -0.4 is 0 Å². The second-order valence-electron chi connectivity index (χ2n) is 7.98. The number of hydrogen-bond donors (Lipinski definition) is 0. The number of sulfonamides is 1. The maximum Gasteiger partial charge on any atom is 0.338 e. The van der Waals surface area contributed by atoms with Crippen LogP contribution in [0.5, 0.6) is 0 Å². The molecule has 172 valence electrons. The highest BCUT2D eigenvalue weighted by molar-refractivity contribution is 7.91. The third kappa shape index (κ3) is 5.83. The zero-order valence-electron chi connectivity index (χ0n) is 17.5. The standard InChI is InChI=1S/C20H28N2O7S2/c1-21(17-9-12-30(25,26)15-17)19(23)14-29-20(24)16-7-6-8-18(13-16)31(27,28)22-10-4-2-3-5-11-22/h6-8,13,17H,2-5,9-12,14-15H2,1H3. The Morgan fingerprint density at radius 3 is 2.45 bits per heavy atom. The Bertz CT molecular complexity index is 1030. The number of sulfone groups is 1. The van der Waals surface area contributed by atoms with Crippen LogP contribution in [-0.4, -0.2) is 82.2 Å². The molecular weight excluding hydrogens is 444 g/mol. The van der Waals surface area contributed by atoms with Gasteiger partial charge in [0.05, 0.1) is 22.0 Å². The van der Waals surface area contributed by atoms with Crippen LogP contribution in [0.15, 0.2) is 29.2 Å². The van der Waals surface area contributed by atoms with Gasteiger partial charge in [0, 0.05) is 26.2 Å². The number of hydrogen-bond acceptors (Lipinski definition) is 7. The number of nitrogens with zero attached hydrogens (tertiary/aromatic N) is 2. The van der Waals surface area contributed by atoms with Crippen LogP contribution in [0.3, 0.4) is 0 Å². The molecule has 9 nitrogen and oxygen atoms in total. The molecule has 0 aliphatic carbocycles. The van der Waals surface area contributed by atoms with Crippen molar-refractivity contribution in [1.29, 1.82) is 0 Å². The largest absolute Gasteiger partial charge is 0.452 e. The van der Waals surface area contributed by atoms with Gasteiger partial charge in [-0.15, -0.1) is 0 Å². The van der Waals surface area contributed by atoms with Gasteiger partial charge in [-0.05, 0) is 37.5 Å². The fraction of sp³-hybridized carbons (Fsp3) is 0.600. The molecule has 31 heavy (non-hydrogen) atoms. The van der Waals surface area contributed by atoms with Gasteiger partial charge in [-0.1, -0.05) is 18.9 Å². The molecule has 1 atom stereocenters. The molecule has 1 aromatic carbocycles. The van der Waals surface area contributed by atoms with Crippen LogP contribution in [-0.2, 0) is 29.4 Å². The molecule has 0 radical (unpaired) electrons. The van der Waals surface area contributed by atoms with E-state index >= 15 is 0 Å². The normalized spacial score (nSPS) is 21.9. The lowest BCUT2D eigenvalue weighted by Crippen LogP contribution is -2.40. The molecule has 11 heteroatoms. The number of amides is 1. The van der Waals surface area contributed by atoms with Gasteiger partial charge >= 0.3 is 5.97 Å². The Labute approximate surface area is 183 Å². The minimum Gasteiger partial charge on any atom is -0.452 e. The first kappa shape index (κ1) is 23.7. The molecule has 2 fully saturated rings. The van der Waals surface area contributed by atoms with Gasteiger partial charge in [0.1, 0.15) is 0 Å². The molecule has 2 heterocycles. The molecule has 2 aliphatic heterocycles. The molecule has 1 amide bonds. The van der Waals surface area contributed by atoms with E-state index in [9.17, 15) is 26.4 Å². The lowest BCUT2D eigenvalue weighted by molar-refractivity contribution is -0.134. The number of likely N-dealkylation sites (N-methyl/N-ethyl adjacent to an activating group) is 1. The van der Waals surface area contributed by atoms with Crippen LogP contribution in [0.2, 0.25) is 0 Å². The van der Waals surface area contributed by atoms with E-state index in [4.69, 9.17) is 4.74 Å². The summed E-state index contributed by atoms with van der Waals surface area (Å²) in [5.41, 5.74) is 0.0368. The minimum atomic E-state index is -3.71. The Kier molecular flexibility index (Phi) is 7.38. The first-order chi connectivity index (χ1) is 14.6. The van der Waals surface area contributed by atoms with Crippen molar-refractivity contribution in [3.8, 4) is 0 Å². The predicted molar refractivity (Wildman–Crippen MR) is 114 cm³/mol. The summed E-state index contributed by atoms with van der Waals surface area (Å²) in [6.07, 6.45) is 3.95. The monoisotopic (exact) mass is 472 g/mol. The molecule has 0 saturated carbocycles. The molecule has 3 rings (SSSR count). The first-order valence-corrected chi connectivity index (χ1v) is 13.6. The van der Waals surface area contributed by atoms with Crippen LogP contribution in [0.25, 0.3) is 0 Å².